The van der Waals surface area contributed by atoms with Crippen LogP contribution in [0.5, 0.6) is 0 Å². The highest BCUT2D eigenvalue weighted by molar-refractivity contribution is 6.52. The maximum absolute atomic E-state index is 13.6. The molecular weight excluding hydrogens is 297 g/mol. The van der Waals surface area contributed by atoms with Gasteiger partial charge in [0.25, 0.3) is 11.7 Å². The van der Waals surface area contributed by atoms with Crippen LogP contribution in [-0.4, -0.2) is 28.0 Å². The maximum atomic E-state index is 13.6. The van der Waals surface area contributed by atoms with Gasteiger partial charge in [-0.25, -0.2) is 4.39 Å². The van der Waals surface area contributed by atoms with Gasteiger partial charge >= 0.3 is 0 Å². The van der Waals surface area contributed by atoms with Crippen molar-refractivity contribution in [2.45, 2.75) is 6.42 Å². The zero-order valence-corrected chi connectivity index (χ0v) is 11.9. The Morgan fingerprint density at radius 2 is 2.10 bits per heavy atom. The molecule has 108 valence electrons. The number of benzene rings is 1. The molecule has 0 radical (unpaired) electrons. The van der Waals surface area contributed by atoms with Crippen LogP contribution >= 0.6 is 11.6 Å². The molecule has 0 fully saturated rings. The zero-order chi connectivity index (χ0) is 15.1. The number of aromatic nitrogens is 2. The second kappa shape index (κ2) is 4.96. The first-order chi connectivity index (χ1) is 9.99. The van der Waals surface area contributed by atoms with Gasteiger partial charge in [0.05, 0.1) is 16.3 Å². The van der Waals surface area contributed by atoms with E-state index in [0.29, 0.717) is 6.42 Å². The van der Waals surface area contributed by atoms with Crippen LogP contribution in [0.2, 0.25) is 5.02 Å². The number of nitrogens with zero attached hydrogens (tertiary/aromatic N) is 3. The number of amides is 1. The average Bonchev–Trinajstić information content (AvgIpc) is 2.95. The number of aryl methyl sites for hydroxylation is 1. The van der Waals surface area contributed by atoms with E-state index in [-0.39, 0.29) is 22.8 Å². The smallest absolute Gasteiger partial charge is 0.299 e. The average molecular weight is 308 g/mol. The Balaban J connectivity index is 1.90. The minimum Gasteiger partial charge on any atom is -0.304 e. The second-order valence-corrected chi connectivity index (χ2v) is 5.17. The van der Waals surface area contributed by atoms with Crippen LogP contribution in [-0.2, 0) is 18.3 Å². The van der Waals surface area contributed by atoms with Crippen molar-refractivity contribution in [2.75, 3.05) is 11.4 Å². The highest BCUT2D eigenvalue weighted by atomic mass is 35.5. The molecule has 0 N–H and O–H groups in total. The van der Waals surface area contributed by atoms with Crippen molar-refractivity contribution in [3.63, 3.8) is 0 Å². The van der Waals surface area contributed by atoms with E-state index in [0.717, 1.165) is 11.8 Å². The summed E-state index contributed by atoms with van der Waals surface area (Å²) in [5.74, 6) is -1.96. The number of Topliss-reactive ketones (excluding diaryl/α,β-unsaturated/α-hetero) is 1. The molecule has 2 heterocycles. The van der Waals surface area contributed by atoms with Gasteiger partial charge in [-0.3, -0.25) is 14.3 Å². The number of halogens is 2. The molecule has 0 bridgehead atoms. The lowest BCUT2D eigenvalue weighted by Crippen LogP contribution is -2.32. The molecule has 0 unspecified atom stereocenters. The Labute approximate surface area is 124 Å². The highest BCUT2D eigenvalue weighted by Crippen LogP contribution is 2.33. The topological polar surface area (TPSA) is 55.2 Å². The molecule has 1 aliphatic rings. The predicted molar refractivity (Wildman–Crippen MR) is 75.0 cm³/mol. The number of ketones is 1. The summed E-state index contributed by atoms with van der Waals surface area (Å²) in [6.07, 6.45) is 2.17. The first-order valence-electron chi connectivity index (χ1n) is 6.31. The quantitative estimate of drug-likeness (QED) is 0.815. The molecule has 1 aliphatic heterocycles. The van der Waals surface area contributed by atoms with Gasteiger partial charge in [-0.05, 0) is 18.2 Å². The van der Waals surface area contributed by atoms with Crippen molar-refractivity contribution in [3.05, 3.63) is 46.5 Å². The van der Waals surface area contributed by atoms with Crippen LogP contribution in [0, 0.1) is 5.82 Å². The third-order valence-electron chi connectivity index (χ3n) is 3.53. The van der Waals surface area contributed by atoms with Crippen LogP contribution < -0.4 is 4.90 Å². The third kappa shape index (κ3) is 2.21. The Hall–Kier alpha value is -2.21. The lowest BCUT2D eigenvalue weighted by atomic mass is 10.1. The minimum atomic E-state index is -0.658. The summed E-state index contributed by atoms with van der Waals surface area (Å²) in [6.45, 7) is 0.276. The van der Waals surface area contributed by atoms with Gasteiger partial charge in [0.2, 0.25) is 0 Å². The van der Waals surface area contributed by atoms with E-state index in [9.17, 15) is 14.0 Å². The summed E-state index contributed by atoms with van der Waals surface area (Å²) in [5, 5.41) is 3.87. The summed E-state index contributed by atoms with van der Waals surface area (Å²) in [4.78, 5) is 25.2. The fourth-order valence-corrected chi connectivity index (χ4v) is 2.55. The van der Waals surface area contributed by atoms with Gasteiger partial charge in [0.15, 0.2) is 0 Å². The standard InChI is InChI=1S/C14H11ClFN3O2/c1-18-8(2-4-17-18)3-5-19-12-7-11(16)10(15)6-9(12)13(20)14(19)21/h2,4,6-7H,3,5H2,1H3. The summed E-state index contributed by atoms with van der Waals surface area (Å²) in [6, 6.07) is 4.16. The molecule has 3 rings (SSSR count). The molecule has 7 heteroatoms. The van der Waals surface area contributed by atoms with E-state index in [1.807, 2.05) is 6.07 Å². The van der Waals surface area contributed by atoms with E-state index in [1.54, 1.807) is 17.9 Å². The minimum absolute atomic E-state index is 0.149. The van der Waals surface area contributed by atoms with Gasteiger partial charge in [0.1, 0.15) is 5.82 Å². The van der Waals surface area contributed by atoms with Gasteiger partial charge in [-0.15, -0.1) is 0 Å². The molecule has 0 saturated carbocycles. The van der Waals surface area contributed by atoms with Crippen LogP contribution in [0.25, 0.3) is 0 Å². The number of hydrogen-bond acceptors (Lipinski definition) is 3. The fourth-order valence-electron chi connectivity index (χ4n) is 2.38. The first-order valence-corrected chi connectivity index (χ1v) is 6.69. The molecular formula is C14H11ClFN3O2. The zero-order valence-electron chi connectivity index (χ0n) is 11.1. The molecule has 0 aliphatic carbocycles. The number of rotatable bonds is 3. The number of carbonyl (C=O) groups excluding carboxylic acids is 2. The summed E-state index contributed by atoms with van der Waals surface area (Å²) in [7, 11) is 1.79. The lowest BCUT2D eigenvalue weighted by Gasteiger charge is -2.16. The van der Waals surface area contributed by atoms with Crippen molar-refractivity contribution in [3.8, 4) is 0 Å². The number of hydrogen-bond donors (Lipinski definition) is 0. The molecule has 0 spiro atoms. The Morgan fingerprint density at radius 1 is 1.33 bits per heavy atom. The van der Waals surface area contributed by atoms with Crippen LogP contribution in [0.3, 0.4) is 0 Å². The molecule has 1 aromatic carbocycles. The maximum Gasteiger partial charge on any atom is 0.299 e. The van der Waals surface area contributed by atoms with Gasteiger partial charge in [-0.1, -0.05) is 11.6 Å². The van der Waals surface area contributed by atoms with Crippen LogP contribution in [0.4, 0.5) is 10.1 Å². The van der Waals surface area contributed by atoms with Gasteiger partial charge in [0, 0.05) is 31.9 Å². The Bertz CT molecular complexity index is 757. The highest BCUT2D eigenvalue weighted by Gasteiger charge is 2.36. The van der Waals surface area contributed by atoms with Gasteiger partial charge in [-0.2, -0.15) is 5.10 Å². The number of fused-ring (bicyclic) bond motifs is 1. The van der Waals surface area contributed by atoms with Crippen molar-refractivity contribution in [2.24, 2.45) is 7.05 Å². The number of anilines is 1. The van der Waals surface area contributed by atoms with Gasteiger partial charge < -0.3 is 4.90 Å². The molecule has 1 amide bonds. The van der Waals surface area contributed by atoms with Crippen molar-refractivity contribution in [1.29, 1.82) is 0 Å². The Morgan fingerprint density at radius 3 is 2.76 bits per heavy atom. The molecule has 1 aromatic heterocycles. The van der Waals surface area contributed by atoms with E-state index in [2.05, 4.69) is 5.10 Å². The van der Waals surface area contributed by atoms with Crippen molar-refractivity contribution >= 4 is 29.0 Å². The molecule has 0 saturated heterocycles. The summed E-state index contributed by atoms with van der Waals surface area (Å²) in [5.41, 5.74) is 1.34. The van der Waals surface area contributed by atoms with E-state index < -0.39 is 17.5 Å². The number of carbonyl (C=O) groups is 2. The van der Waals surface area contributed by atoms with E-state index >= 15 is 0 Å². The summed E-state index contributed by atoms with van der Waals surface area (Å²) >= 11 is 5.66. The molecule has 21 heavy (non-hydrogen) atoms. The molecule has 0 atom stereocenters. The largest absolute Gasteiger partial charge is 0.304 e. The lowest BCUT2D eigenvalue weighted by molar-refractivity contribution is -0.114. The van der Waals surface area contributed by atoms with Crippen molar-refractivity contribution < 1.29 is 14.0 Å². The van der Waals surface area contributed by atoms with E-state index in [4.69, 9.17) is 11.6 Å². The monoisotopic (exact) mass is 307 g/mol. The second-order valence-electron chi connectivity index (χ2n) is 4.77. The van der Waals surface area contributed by atoms with Crippen molar-refractivity contribution in [1.82, 2.24) is 9.78 Å². The first kappa shape index (κ1) is 13.8. The third-order valence-corrected chi connectivity index (χ3v) is 3.82. The van der Waals surface area contributed by atoms with E-state index in [1.165, 1.54) is 11.0 Å². The predicted octanol–water partition coefficient (Wildman–Crippen LogP) is 1.98. The fraction of sp³-hybridized carbons (Fsp3) is 0.214. The normalized spacial score (nSPS) is 14.0. The molecule has 2 aromatic rings. The summed E-state index contributed by atoms with van der Waals surface area (Å²) < 4.78 is 15.3. The van der Waals surface area contributed by atoms with Crippen LogP contribution in [0.1, 0.15) is 16.1 Å². The van der Waals surface area contributed by atoms with Crippen LogP contribution in [0.15, 0.2) is 24.4 Å². The SMILES string of the molecule is Cn1nccc1CCN1C(=O)C(=O)c2cc(Cl)c(F)cc21. The molecule has 5 nitrogen and oxygen atoms in total. The Kier molecular flexibility index (Phi) is 3.25.